The second kappa shape index (κ2) is 8.73. The fourth-order valence-corrected chi connectivity index (χ4v) is 5.17. The van der Waals surface area contributed by atoms with Crippen LogP contribution in [-0.4, -0.2) is 21.9 Å². The molecule has 186 valence electrons. The molecule has 0 fully saturated rings. The number of ether oxygens (including phenoxy) is 1. The van der Waals surface area contributed by atoms with Gasteiger partial charge < -0.3 is 4.74 Å². The third-order valence-corrected chi connectivity index (χ3v) is 6.92. The summed E-state index contributed by atoms with van der Waals surface area (Å²) >= 11 is 0. The number of para-hydroxylation sites is 1. The number of hydrogen-bond acceptors (Lipinski definition) is 3. The molecule has 5 aromatic rings. The van der Waals surface area contributed by atoms with Crippen molar-refractivity contribution in [3.63, 3.8) is 0 Å². The second-order valence-corrected chi connectivity index (χ2v) is 9.10. The molecule has 0 aliphatic carbocycles. The second-order valence-electron chi connectivity index (χ2n) is 9.10. The Labute approximate surface area is 210 Å². The van der Waals surface area contributed by atoms with E-state index in [1.165, 1.54) is 6.07 Å². The van der Waals surface area contributed by atoms with Gasteiger partial charge in [0.25, 0.3) is 0 Å². The standard InChI is InChI=1S/C29H21F4N3O/c1-37-20-6-4-5-17(13-20)19-15-26-27(22-11-12-34-25-8-3-2-7-21(22)25)28(35-36(26)16-19)18-9-10-24(30)23(14-18)29(31,32)33/h2-14,19H,15-16H2,1H3. The van der Waals surface area contributed by atoms with Crippen molar-refractivity contribution in [2.24, 2.45) is 0 Å². The van der Waals surface area contributed by atoms with Gasteiger partial charge in [-0.1, -0.05) is 30.3 Å². The summed E-state index contributed by atoms with van der Waals surface area (Å²) in [6, 6.07) is 20.4. The number of alkyl halides is 3. The highest BCUT2D eigenvalue weighted by atomic mass is 19.4. The lowest BCUT2D eigenvalue weighted by Gasteiger charge is -2.14. The molecule has 1 unspecified atom stereocenters. The van der Waals surface area contributed by atoms with E-state index in [1.54, 1.807) is 13.3 Å². The number of benzene rings is 3. The van der Waals surface area contributed by atoms with Crippen molar-refractivity contribution in [1.29, 1.82) is 0 Å². The summed E-state index contributed by atoms with van der Waals surface area (Å²) in [5.74, 6) is -0.427. The summed E-state index contributed by atoms with van der Waals surface area (Å²) in [5, 5.41) is 5.66. The van der Waals surface area contributed by atoms with Crippen LogP contribution in [0.3, 0.4) is 0 Å². The lowest BCUT2D eigenvalue weighted by atomic mass is 9.91. The number of fused-ring (bicyclic) bond motifs is 2. The Bertz CT molecular complexity index is 1640. The van der Waals surface area contributed by atoms with Crippen LogP contribution in [-0.2, 0) is 19.1 Å². The van der Waals surface area contributed by atoms with E-state index in [2.05, 4.69) is 4.98 Å². The maximum atomic E-state index is 14.1. The van der Waals surface area contributed by atoms with Gasteiger partial charge in [0, 0.05) is 40.9 Å². The number of pyridine rings is 1. The van der Waals surface area contributed by atoms with E-state index in [0.29, 0.717) is 18.7 Å². The quantitative estimate of drug-likeness (QED) is 0.242. The van der Waals surface area contributed by atoms with Crippen LogP contribution in [0.15, 0.2) is 79.0 Å². The number of methoxy groups -OCH3 is 1. The van der Waals surface area contributed by atoms with Crippen LogP contribution in [0, 0.1) is 5.82 Å². The molecular weight excluding hydrogens is 482 g/mol. The van der Waals surface area contributed by atoms with Crippen LogP contribution < -0.4 is 4.74 Å². The lowest BCUT2D eigenvalue weighted by Crippen LogP contribution is -2.08. The number of aromatic nitrogens is 3. The third kappa shape index (κ3) is 4.02. The van der Waals surface area contributed by atoms with Gasteiger partial charge in [-0.2, -0.15) is 18.3 Å². The third-order valence-electron chi connectivity index (χ3n) is 6.92. The maximum absolute atomic E-state index is 14.1. The minimum atomic E-state index is -4.82. The number of halogens is 4. The van der Waals surface area contributed by atoms with Crippen molar-refractivity contribution in [2.75, 3.05) is 7.11 Å². The van der Waals surface area contributed by atoms with Crippen LogP contribution in [0.2, 0.25) is 0 Å². The number of hydrogen-bond donors (Lipinski definition) is 0. The van der Waals surface area contributed by atoms with Gasteiger partial charge >= 0.3 is 6.18 Å². The van der Waals surface area contributed by atoms with Gasteiger partial charge in [-0.25, -0.2) is 4.39 Å². The summed E-state index contributed by atoms with van der Waals surface area (Å²) in [7, 11) is 1.62. The zero-order chi connectivity index (χ0) is 25.7. The molecule has 1 aliphatic rings. The van der Waals surface area contributed by atoms with Gasteiger partial charge in [0.2, 0.25) is 0 Å². The minimum absolute atomic E-state index is 0.123. The molecule has 1 aliphatic heterocycles. The summed E-state index contributed by atoms with van der Waals surface area (Å²) < 4.78 is 62.0. The van der Waals surface area contributed by atoms with E-state index < -0.39 is 17.6 Å². The predicted octanol–water partition coefficient (Wildman–Crippen LogP) is 7.27. The van der Waals surface area contributed by atoms with Crippen molar-refractivity contribution >= 4 is 10.9 Å². The largest absolute Gasteiger partial charge is 0.497 e. The molecule has 0 saturated heterocycles. The molecular formula is C29H21F4N3O. The molecule has 6 rings (SSSR count). The van der Waals surface area contributed by atoms with Crippen LogP contribution in [0.1, 0.15) is 22.7 Å². The average Bonchev–Trinajstić information content (AvgIpc) is 3.46. The monoisotopic (exact) mass is 503 g/mol. The molecule has 0 N–H and O–H groups in total. The fourth-order valence-electron chi connectivity index (χ4n) is 5.17. The van der Waals surface area contributed by atoms with Crippen LogP contribution in [0.5, 0.6) is 5.75 Å². The fraction of sp³-hybridized carbons (Fsp3) is 0.172. The van der Waals surface area contributed by atoms with Crippen molar-refractivity contribution in [3.8, 4) is 28.1 Å². The molecule has 4 nitrogen and oxygen atoms in total. The highest BCUT2D eigenvalue weighted by Crippen LogP contribution is 2.44. The molecule has 0 spiro atoms. The van der Waals surface area contributed by atoms with Crippen LogP contribution in [0.4, 0.5) is 17.6 Å². The summed E-state index contributed by atoms with van der Waals surface area (Å²) in [5.41, 5.74) is 3.64. The van der Waals surface area contributed by atoms with Crippen molar-refractivity contribution in [3.05, 3.63) is 102 Å². The van der Waals surface area contributed by atoms with E-state index in [4.69, 9.17) is 9.84 Å². The van der Waals surface area contributed by atoms with Gasteiger partial charge in [-0.05, 0) is 60.0 Å². The Balaban J connectivity index is 1.55. The first-order valence-electron chi connectivity index (χ1n) is 11.8. The van der Waals surface area contributed by atoms with E-state index in [1.807, 2.05) is 59.3 Å². The normalized spacial score (nSPS) is 15.2. The van der Waals surface area contributed by atoms with E-state index in [0.717, 1.165) is 51.2 Å². The maximum Gasteiger partial charge on any atom is 0.419 e. The number of rotatable bonds is 4. The van der Waals surface area contributed by atoms with Crippen LogP contribution >= 0.6 is 0 Å². The SMILES string of the molecule is COc1cccc(C2Cc3c(-c4ccnc5ccccc45)c(-c4ccc(F)c(C(F)(F)F)c4)nn3C2)c1. The first-order chi connectivity index (χ1) is 17.8. The first kappa shape index (κ1) is 23.2. The zero-order valence-electron chi connectivity index (χ0n) is 19.8. The summed E-state index contributed by atoms with van der Waals surface area (Å²) in [4.78, 5) is 4.45. The Morgan fingerprint density at radius 1 is 0.973 bits per heavy atom. The molecule has 1 atom stereocenters. The molecule has 0 saturated carbocycles. The lowest BCUT2D eigenvalue weighted by molar-refractivity contribution is -0.139. The minimum Gasteiger partial charge on any atom is -0.497 e. The molecule has 0 bridgehead atoms. The van der Waals surface area contributed by atoms with Crippen molar-refractivity contribution in [1.82, 2.24) is 14.8 Å². The van der Waals surface area contributed by atoms with Gasteiger partial charge in [0.15, 0.2) is 0 Å². The van der Waals surface area contributed by atoms with Crippen molar-refractivity contribution < 1.29 is 22.3 Å². The molecule has 37 heavy (non-hydrogen) atoms. The van der Waals surface area contributed by atoms with Gasteiger partial charge in [0.05, 0.1) is 18.2 Å². The summed E-state index contributed by atoms with van der Waals surface area (Å²) in [6.45, 7) is 0.561. The highest BCUT2D eigenvalue weighted by molar-refractivity contribution is 5.99. The molecule has 8 heteroatoms. The van der Waals surface area contributed by atoms with Crippen molar-refractivity contribution in [2.45, 2.75) is 25.1 Å². The smallest absolute Gasteiger partial charge is 0.419 e. The molecule has 0 amide bonds. The average molecular weight is 503 g/mol. The highest BCUT2D eigenvalue weighted by Gasteiger charge is 2.36. The molecule has 2 aromatic heterocycles. The molecule has 3 heterocycles. The molecule has 0 radical (unpaired) electrons. The van der Waals surface area contributed by atoms with Gasteiger partial charge in [-0.3, -0.25) is 9.67 Å². The Hall–Kier alpha value is -4.20. The Morgan fingerprint density at radius 3 is 2.62 bits per heavy atom. The number of nitrogens with zero attached hydrogens (tertiary/aromatic N) is 3. The molecule has 3 aromatic carbocycles. The summed E-state index contributed by atoms with van der Waals surface area (Å²) in [6.07, 6.45) is -2.49. The van der Waals surface area contributed by atoms with Gasteiger partial charge in [0.1, 0.15) is 17.3 Å². The van der Waals surface area contributed by atoms with Crippen LogP contribution in [0.25, 0.3) is 33.3 Å². The topological polar surface area (TPSA) is 39.9 Å². The Morgan fingerprint density at radius 2 is 1.81 bits per heavy atom. The van der Waals surface area contributed by atoms with Gasteiger partial charge in [-0.15, -0.1) is 0 Å². The van der Waals surface area contributed by atoms with E-state index in [-0.39, 0.29) is 11.5 Å². The zero-order valence-corrected chi connectivity index (χ0v) is 19.8. The van der Waals surface area contributed by atoms with E-state index in [9.17, 15) is 17.6 Å². The predicted molar refractivity (Wildman–Crippen MR) is 133 cm³/mol. The van der Waals surface area contributed by atoms with E-state index >= 15 is 0 Å². The first-order valence-corrected chi connectivity index (χ1v) is 11.8. The Kier molecular flexibility index (Phi) is 5.47.